The van der Waals surface area contributed by atoms with Crippen LogP contribution in [-0.2, 0) is 19.2 Å². The van der Waals surface area contributed by atoms with E-state index in [2.05, 4.69) is 10.5 Å². The van der Waals surface area contributed by atoms with Gasteiger partial charge >= 0.3 is 0 Å². The Morgan fingerprint density at radius 2 is 1.96 bits per heavy atom. The second-order valence-electron chi connectivity index (χ2n) is 8.39. The monoisotopic (exact) mass is 363 g/mol. The second kappa shape index (κ2) is 6.83. The summed E-state index contributed by atoms with van der Waals surface area (Å²) in [6, 6.07) is 0.306. The molecule has 1 N–H and O–H groups in total. The Morgan fingerprint density at radius 3 is 2.50 bits per heavy atom. The van der Waals surface area contributed by atoms with Crippen LogP contribution >= 0.6 is 0 Å². The first-order valence-corrected chi connectivity index (χ1v) is 9.92. The molecular formula is C19H29N3O4. The average molecular weight is 363 g/mol. The zero-order valence-corrected chi connectivity index (χ0v) is 15.6. The molecule has 1 saturated heterocycles. The van der Waals surface area contributed by atoms with Gasteiger partial charge in [0.15, 0.2) is 0 Å². The van der Waals surface area contributed by atoms with E-state index in [4.69, 9.17) is 9.57 Å². The summed E-state index contributed by atoms with van der Waals surface area (Å²) in [7, 11) is 1.71. The minimum atomic E-state index is -0.404. The number of carbonyl (C=O) groups is 2. The summed E-state index contributed by atoms with van der Waals surface area (Å²) < 4.78 is 5.58. The first kappa shape index (κ1) is 17.8. The van der Waals surface area contributed by atoms with E-state index in [-0.39, 0.29) is 17.4 Å². The molecule has 3 fully saturated rings. The maximum Gasteiger partial charge on any atom is 0.269 e. The zero-order chi connectivity index (χ0) is 18.2. The van der Waals surface area contributed by atoms with E-state index in [0.29, 0.717) is 37.7 Å². The molecule has 1 spiro atoms. The Kier molecular flexibility index (Phi) is 4.67. The Balaban J connectivity index is 1.26. The summed E-state index contributed by atoms with van der Waals surface area (Å²) in [5.74, 6) is 0.0837. The van der Waals surface area contributed by atoms with Gasteiger partial charge < -0.3 is 19.8 Å². The van der Waals surface area contributed by atoms with Gasteiger partial charge in [-0.1, -0.05) is 5.16 Å². The molecule has 0 aromatic rings. The SMILES string of the molecule is COC1(CC(=O)N2CCC3(CC2)CC(C(=O)NC2CCC2)=NO3)CCC1. The van der Waals surface area contributed by atoms with Crippen LogP contribution in [-0.4, -0.2) is 59.9 Å². The molecule has 26 heavy (non-hydrogen) atoms. The van der Waals surface area contributed by atoms with Gasteiger partial charge in [-0.15, -0.1) is 0 Å². The van der Waals surface area contributed by atoms with Crippen molar-refractivity contribution in [2.45, 2.75) is 81.5 Å². The third-order valence-electron chi connectivity index (χ3n) is 6.74. The lowest BCUT2D eigenvalue weighted by molar-refractivity contribution is -0.148. The number of piperidine rings is 1. The maximum atomic E-state index is 12.6. The van der Waals surface area contributed by atoms with Crippen molar-refractivity contribution < 1.29 is 19.2 Å². The molecule has 0 aromatic heterocycles. The largest absolute Gasteiger partial charge is 0.388 e. The molecule has 2 amide bonds. The highest BCUT2D eigenvalue weighted by Gasteiger charge is 2.46. The van der Waals surface area contributed by atoms with Crippen LogP contribution in [0.2, 0.25) is 0 Å². The average Bonchev–Trinajstić information content (AvgIpc) is 2.98. The standard InChI is InChI=1S/C19H29N3O4/c1-25-18(6-3-7-18)13-16(23)22-10-8-19(9-11-22)12-15(21-26-19)17(24)20-14-4-2-5-14/h14H,2-13H2,1H3,(H,20,24). The molecular weight excluding hydrogens is 334 g/mol. The summed E-state index contributed by atoms with van der Waals surface area (Å²) >= 11 is 0. The van der Waals surface area contributed by atoms with E-state index >= 15 is 0 Å². The number of ether oxygens (including phenoxy) is 1. The third-order valence-corrected chi connectivity index (χ3v) is 6.74. The summed E-state index contributed by atoms with van der Waals surface area (Å²) in [6.45, 7) is 1.32. The number of amides is 2. The van der Waals surface area contributed by atoms with Crippen molar-refractivity contribution in [2.24, 2.45) is 5.16 Å². The quantitative estimate of drug-likeness (QED) is 0.807. The van der Waals surface area contributed by atoms with E-state index in [0.717, 1.165) is 44.9 Å². The van der Waals surface area contributed by atoms with Crippen molar-refractivity contribution in [3.63, 3.8) is 0 Å². The van der Waals surface area contributed by atoms with Crippen LogP contribution in [0.3, 0.4) is 0 Å². The van der Waals surface area contributed by atoms with Gasteiger partial charge in [0, 0.05) is 45.5 Å². The van der Waals surface area contributed by atoms with Crippen molar-refractivity contribution in [3.8, 4) is 0 Å². The van der Waals surface area contributed by atoms with Crippen LogP contribution in [0, 0.1) is 0 Å². The van der Waals surface area contributed by atoms with Gasteiger partial charge in [-0.3, -0.25) is 9.59 Å². The number of methoxy groups -OCH3 is 1. The first-order chi connectivity index (χ1) is 12.5. The molecule has 144 valence electrons. The number of nitrogens with one attached hydrogen (secondary N) is 1. The summed E-state index contributed by atoms with van der Waals surface area (Å²) in [6.07, 6.45) is 8.87. The highest BCUT2D eigenvalue weighted by Crippen LogP contribution is 2.40. The molecule has 2 aliphatic carbocycles. The highest BCUT2D eigenvalue weighted by molar-refractivity contribution is 6.39. The highest BCUT2D eigenvalue weighted by atomic mass is 16.7. The van der Waals surface area contributed by atoms with Crippen molar-refractivity contribution in [1.82, 2.24) is 10.2 Å². The van der Waals surface area contributed by atoms with Crippen molar-refractivity contribution in [2.75, 3.05) is 20.2 Å². The van der Waals surface area contributed by atoms with Crippen molar-refractivity contribution in [1.29, 1.82) is 0 Å². The summed E-state index contributed by atoms with van der Waals surface area (Å²) in [5, 5.41) is 7.09. The molecule has 0 radical (unpaired) electrons. The Bertz CT molecular complexity index is 596. The van der Waals surface area contributed by atoms with Gasteiger partial charge in [-0.2, -0.15) is 0 Å². The first-order valence-electron chi connectivity index (χ1n) is 9.92. The van der Waals surface area contributed by atoms with E-state index in [1.165, 1.54) is 6.42 Å². The molecule has 7 nitrogen and oxygen atoms in total. The number of rotatable bonds is 5. The Hall–Kier alpha value is -1.63. The van der Waals surface area contributed by atoms with Crippen LogP contribution in [0.1, 0.15) is 64.2 Å². The van der Waals surface area contributed by atoms with Gasteiger partial charge in [0.1, 0.15) is 11.3 Å². The van der Waals surface area contributed by atoms with Crippen LogP contribution in [0.4, 0.5) is 0 Å². The number of hydrogen-bond donors (Lipinski definition) is 1. The van der Waals surface area contributed by atoms with Gasteiger partial charge in [0.05, 0.1) is 12.0 Å². The Labute approximate surface area is 154 Å². The van der Waals surface area contributed by atoms with Crippen LogP contribution in [0.15, 0.2) is 5.16 Å². The topological polar surface area (TPSA) is 80.2 Å². The normalized spacial score (nSPS) is 26.5. The van der Waals surface area contributed by atoms with Gasteiger partial charge in [-0.05, 0) is 38.5 Å². The summed E-state index contributed by atoms with van der Waals surface area (Å²) in [5.41, 5.74) is -0.130. The fourth-order valence-corrected chi connectivity index (χ4v) is 4.31. The molecule has 4 aliphatic rings. The molecule has 0 aromatic carbocycles. The number of carbonyl (C=O) groups excluding carboxylic acids is 2. The molecule has 2 saturated carbocycles. The molecule has 2 aliphatic heterocycles. The number of oxime groups is 1. The molecule has 7 heteroatoms. The molecule has 2 heterocycles. The van der Waals surface area contributed by atoms with Gasteiger partial charge in [-0.25, -0.2) is 0 Å². The lowest BCUT2D eigenvalue weighted by Crippen LogP contribution is -2.50. The van der Waals surface area contributed by atoms with E-state index < -0.39 is 5.60 Å². The maximum absolute atomic E-state index is 12.6. The van der Waals surface area contributed by atoms with E-state index in [1.54, 1.807) is 7.11 Å². The molecule has 0 bridgehead atoms. The smallest absolute Gasteiger partial charge is 0.269 e. The molecule has 0 atom stereocenters. The van der Waals surface area contributed by atoms with Crippen LogP contribution in [0.5, 0.6) is 0 Å². The van der Waals surface area contributed by atoms with E-state index in [1.807, 2.05) is 4.90 Å². The fourth-order valence-electron chi connectivity index (χ4n) is 4.31. The second-order valence-corrected chi connectivity index (χ2v) is 8.39. The molecule has 4 rings (SSSR count). The minimum Gasteiger partial charge on any atom is -0.388 e. The van der Waals surface area contributed by atoms with Crippen molar-refractivity contribution >= 4 is 17.5 Å². The van der Waals surface area contributed by atoms with Crippen LogP contribution < -0.4 is 5.32 Å². The fraction of sp³-hybridized carbons (Fsp3) is 0.842. The van der Waals surface area contributed by atoms with Crippen molar-refractivity contribution in [3.05, 3.63) is 0 Å². The van der Waals surface area contributed by atoms with Gasteiger partial charge in [0.2, 0.25) is 5.91 Å². The predicted molar refractivity (Wildman–Crippen MR) is 95.7 cm³/mol. The third kappa shape index (κ3) is 3.33. The van der Waals surface area contributed by atoms with Crippen LogP contribution in [0.25, 0.3) is 0 Å². The Morgan fingerprint density at radius 1 is 1.23 bits per heavy atom. The predicted octanol–water partition coefficient (Wildman–Crippen LogP) is 1.75. The van der Waals surface area contributed by atoms with Gasteiger partial charge in [0.25, 0.3) is 5.91 Å². The number of hydrogen-bond acceptors (Lipinski definition) is 5. The lowest BCUT2D eigenvalue weighted by Gasteiger charge is -2.43. The number of nitrogens with zero attached hydrogens (tertiary/aromatic N) is 2. The number of likely N-dealkylation sites (tertiary alicyclic amines) is 1. The molecule has 0 unspecified atom stereocenters. The lowest BCUT2D eigenvalue weighted by atomic mass is 9.77. The summed E-state index contributed by atoms with van der Waals surface area (Å²) in [4.78, 5) is 32.5. The van der Waals surface area contributed by atoms with E-state index in [9.17, 15) is 9.59 Å². The minimum absolute atomic E-state index is 0.0860. The zero-order valence-electron chi connectivity index (χ0n) is 15.6.